The van der Waals surface area contributed by atoms with Crippen LogP contribution in [0.1, 0.15) is 49.1 Å². The molecule has 1 aromatic heterocycles. The van der Waals surface area contributed by atoms with Crippen LogP contribution in [0.3, 0.4) is 0 Å². The number of carbonyl (C=O) groups is 1. The number of hydrogen-bond acceptors (Lipinski definition) is 4. The van der Waals surface area contributed by atoms with E-state index in [0.29, 0.717) is 6.42 Å². The molecule has 3 rings (SSSR count). The molecule has 0 aromatic carbocycles. The van der Waals surface area contributed by atoms with Gasteiger partial charge in [0.2, 0.25) is 5.91 Å². The Labute approximate surface area is 117 Å². The summed E-state index contributed by atoms with van der Waals surface area (Å²) >= 11 is 1.65. The molecular formula is C14H20N2O2S. The third kappa shape index (κ3) is 3.34. The van der Waals surface area contributed by atoms with Gasteiger partial charge in [0.1, 0.15) is 0 Å². The van der Waals surface area contributed by atoms with E-state index in [2.05, 4.69) is 10.3 Å². The van der Waals surface area contributed by atoms with Crippen LogP contribution in [0, 0.1) is 0 Å². The van der Waals surface area contributed by atoms with Gasteiger partial charge in [0.25, 0.3) is 0 Å². The maximum absolute atomic E-state index is 11.9. The van der Waals surface area contributed by atoms with E-state index in [0.717, 1.165) is 43.8 Å². The fourth-order valence-electron chi connectivity index (χ4n) is 2.75. The van der Waals surface area contributed by atoms with Crippen molar-refractivity contribution in [2.24, 2.45) is 0 Å². The molecule has 2 aliphatic rings. The van der Waals surface area contributed by atoms with Crippen molar-refractivity contribution in [3.8, 4) is 0 Å². The molecule has 1 atom stereocenters. The highest BCUT2D eigenvalue weighted by atomic mass is 32.1. The summed E-state index contributed by atoms with van der Waals surface area (Å²) in [4.78, 5) is 17.8. The zero-order valence-corrected chi connectivity index (χ0v) is 11.9. The molecule has 1 aliphatic heterocycles. The third-order valence-corrected chi connectivity index (χ3v) is 4.88. The van der Waals surface area contributed by atoms with Crippen molar-refractivity contribution in [2.45, 2.75) is 57.5 Å². The summed E-state index contributed by atoms with van der Waals surface area (Å²) in [5.41, 5.74) is 1.20. The molecule has 1 N–H and O–H groups in total. The lowest BCUT2D eigenvalue weighted by molar-refractivity contribution is -0.116. The second-order valence-corrected chi connectivity index (χ2v) is 6.40. The molecule has 1 saturated heterocycles. The lowest BCUT2D eigenvalue weighted by Crippen LogP contribution is -2.15. The first-order valence-electron chi connectivity index (χ1n) is 7.21. The first-order valence-corrected chi connectivity index (χ1v) is 8.03. The van der Waals surface area contributed by atoms with E-state index in [1.807, 2.05) is 0 Å². The number of aromatic nitrogens is 1. The lowest BCUT2D eigenvalue weighted by atomic mass is 10.0. The van der Waals surface area contributed by atoms with Crippen LogP contribution in [0.15, 0.2) is 0 Å². The SMILES string of the molecule is O=C(CC[C@@H]1CCCO1)Nc1nc2c(s1)CCCC2. The number of anilines is 1. The molecule has 2 heterocycles. The molecule has 0 bridgehead atoms. The number of aryl methyl sites for hydroxylation is 2. The molecule has 19 heavy (non-hydrogen) atoms. The Balaban J connectivity index is 1.49. The van der Waals surface area contributed by atoms with Crippen molar-refractivity contribution < 1.29 is 9.53 Å². The molecular weight excluding hydrogens is 260 g/mol. The molecule has 5 heteroatoms. The van der Waals surface area contributed by atoms with Crippen molar-refractivity contribution in [3.05, 3.63) is 10.6 Å². The fraction of sp³-hybridized carbons (Fsp3) is 0.714. The molecule has 1 fully saturated rings. The first-order chi connectivity index (χ1) is 9.31. The van der Waals surface area contributed by atoms with Gasteiger partial charge in [-0.15, -0.1) is 11.3 Å². The lowest BCUT2D eigenvalue weighted by Gasteiger charge is -2.07. The second-order valence-electron chi connectivity index (χ2n) is 5.32. The van der Waals surface area contributed by atoms with Crippen molar-refractivity contribution in [2.75, 3.05) is 11.9 Å². The van der Waals surface area contributed by atoms with Crippen LogP contribution >= 0.6 is 11.3 Å². The predicted molar refractivity (Wildman–Crippen MR) is 75.6 cm³/mol. The molecule has 0 radical (unpaired) electrons. The van der Waals surface area contributed by atoms with E-state index in [4.69, 9.17) is 4.74 Å². The van der Waals surface area contributed by atoms with E-state index >= 15 is 0 Å². The number of carbonyl (C=O) groups excluding carboxylic acids is 1. The van der Waals surface area contributed by atoms with Crippen LogP contribution in [-0.2, 0) is 22.4 Å². The minimum atomic E-state index is 0.0709. The van der Waals surface area contributed by atoms with Crippen LogP contribution in [-0.4, -0.2) is 23.6 Å². The van der Waals surface area contributed by atoms with E-state index < -0.39 is 0 Å². The predicted octanol–water partition coefficient (Wildman–Crippen LogP) is 2.92. The summed E-state index contributed by atoms with van der Waals surface area (Å²) < 4.78 is 5.53. The molecule has 0 saturated carbocycles. The number of hydrogen-bond donors (Lipinski definition) is 1. The highest BCUT2D eigenvalue weighted by Crippen LogP contribution is 2.29. The van der Waals surface area contributed by atoms with Crippen molar-refractivity contribution in [1.82, 2.24) is 4.98 Å². The van der Waals surface area contributed by atoms with Gasteiger partial charge in [-0.25, -0.2) is 4.98 Å². The average Bonchev–Trinajstić information content (AvgIpc) is 3.04. The first kappa shape index (κ1) is 13.1. The number of fused-ring (bicyclic) bond motifs is 1. The largest absolute Gasteiger partial charge is 0.378 e. The van der Waals surface area contributed by atoms with E-state index in [-0.39, 0.29) is 12.0 Å². The Morgan fingerprint density at radius 3 is 3.05 bits per heavy atom. The Kier molecular flexibility index (Phi) is 4.13. The highest BCUT2D eigenvalue weighted by molar-refractivity contribution is 7.15. The molecule has 1 aromatic rings. The number of rotatable bonds is 4. The summed E-state index contributed by atoms with van der Waals surface area (Å²) in [5, 5.41) is 3.72. The quantitative estimate of drug-likeness (QED) is 0.922. The number of nitrogens with one attached hydrogen (secondary N) is 1. The molecule has 1 amide bonds. The van der Waals surface area contributed by atoms with Gasteiger partial charge in [0.15, 0.2) is 5.13 Å². The number of nitrogens with zero attached hydrogens (tertiary/aromatic N) is 1. The van der Waals surface area contributed by atoms with Gasteiger partial charge >= 0.3 is 0 Å². The Morgan fingerprint density at radius 2 is 2.26 bits per heavy atom. The molecule has 4 nitrogen and oxygen atoms in total. The average molecular weight is 280 g/mol. The monoisotopic (exact) mass is 280 g/mol. The standard InChI is InChI=1S/C14H20N2O2S/c17-13(8-7-10-4-3-9-18-10)16-14-15-11-5-1-2-6-12(11)19-14/h10H,1-9H2,(H,15,16,17)/t10-/m0/s1. The fourth-order valence-corrected chi connectivity index (χ4v) is 3.82. The Bertz CT molecular complexity index is 429. The van der Waals surface area contributed by atoms with Gasteiger partial charge in [0, 0.05) is 17.9 Å². The van der Waals surface area contributed by atoms with E-state index in [1.165, 1.54) is 23.4 Å². The minimum absolute atomic E-state index is 0.0709. The number of amides is 1. The summed E-state index contributed by atoms with van der Waals surface area (Å²) in [7, 11) is 0. The van der Waals surface area contributed by atoms with E-state index in [9.17, 15) is 4.79 Å². The van der Waals surface area contributed by atoms with Crippen LogP contribution < -0.4 is 5.32 Å². The highest BCUT2D eigenvalue weighted by Gasteiger charge is 2.19. The third-order valence-electron chi connectivity index (χ3n) is 3.81. The van der Waals surface area contributed by atoms with Crippen molar-refractivity contribution in [1.29, 1.82) is 0 Å². The molecule has 0 unspecified atom stereocenters. The van der Waals surface area contributed by atoms with Crippen LogP contribution in [0.4, 0.5) is 5.13 Å². The van der Waals surface area contributed by atoms with E-state index in [1.54, 1.807) is 11.3 Å². The van der Waals surface area contributed by atoms with Gasteiger partial charge in [0.05, 0.1) is 11.8 Å². The van der Waals surface area contributed by atoms with Crippen molar-refractivity contribution in [3.63, 3.8) is 0 Å². The number of thiazole rings is 1. The normalized spacial score (nSPS) is 22.2. The Morgan fingerprint density at radius 1 is 1.37 bits per heavy atom. The number of ether oxygens (including phenoxy) is 1. The van der Waals surface area contributed by atoms with Gasteiger partial charge in [-0.1, -0.05) is 0 Å². The summed E-state index contributed by atoms with van der Waals surface area (Å²) in [6, 6.07) is 0. The second kappa shape index (κ2) is 6.01. The summed E-state index contributed by atoms with van der Waals surface area (Å²) in [6.07, 6.45) is 8.55. The maximum atomic E-state index is 11.9. The smallest absolute Gasteiger partial charge is 0.226 e. The molecule has 1 aliphatic carbocycles. The van der Waals surface area contributed by atoms with Crippen LogP contribution in [0.5, 0.6) is 0 Å². The minimum Gasteiger partial charge on any atom is -0.378 e. The molecule has 104 valence electrons. The molecule has 0 spiro atoms. The summed E-state index contributed by atoms with van der Waals surface area (Å²) in [5.74, 6) is 0.0709. The van der Waals surface area contributed by atoms with Gasteiger partial charge in [-0.3, -0.25) is 4.79 Å². The Hall–Kier alpha value is -0.940. The zero-order valence-electron chi connectivity index (χ0n) is 11.1. The topological polar surface area (TPSA) is 51.2 Å². The van der Waals surface area contributed by atoms with Gasteiger partial charge < -0.3 is 10.1 Å². The van der Waals surface area contributed by atoms with Crippen molar-refractivity contribution >= 4 is 22.4 Å². The maximum Gasteiger partial charge on any atom is 0.226 e. The van der Waals surface area contributed by atoms with Crippen LogP contribution in [0.2, 0.25) is 0 Å². The van der Waals surface area contributed by atoms with Gasteiger partial charge in [-0.2, -0.15) is 0 Å². The van der Waals surface area contributed by atoms with Gasteiger partial charge in [-0.05, 0) is 44.9 Å². The summed E-state index contributed by atoms with van der Waals surface area (Å²) in [6.45, 7) is 0.853. The van der Waals surface area contributed by atoms with Crippen LogP contribution in [0.25, 0.3) is 0 Å². The zero-order chi connectivity index (χ0) is 13.1.